The summed E-state index contributed by atoms with van der Waals surface area (Å²) in [5, 5.41) is 26.6. The van der Waals surface area contributed by atoms with Gasteiger partial charge in [-0.25, -0.2) is 0 Å². The lowest BCUT2D eigenvalue weighted by Gasteiger charge is -2.25. The van der Waals surface area contributed by atoms with Gasteiger partial charge < -0.3 is 24.6 Å². The van der Waals surface area contributed by atoms with Gasteiger partial charge in [0, 0.05) is 18.8 Å². The van der Waals surface area contributed by atoms with Crippen LogP contribution in [0.4, 0.5) is 5.69 Å². The third-order valence-corrected chi connectivity index (χ3v) is 4.39. The first-order chi connectivity index (χ1) is 14.7. The Labute approximate surface area is 176 Å². The second kappa shape index (κ2) is 13.2. The molecule has 158 valence electrons. The lowest BCUT2D eigenvalue weighted by Crippen LogP contribution is -2.31. The van der Waals surface area contributed by atoms with E-state index >= 15 is 0 Å². The molecule has 0 aliphatic heterocycles. The van der Waals surface area contributed by atoms with E-state index in [2.05, 4.69) is 15.8 Å². The van der Waals surface area contributed by atoms with Crippen molar-refractivity contribution in [3.63, 3.8) is 0 Å². The van der Waals surface area contributed by atoms with Crippen LogP contribution in [0.2, 0.25) is 0 Å². The van der Waals surface area contributed by atoms with E-state index in [1.807, 2.05) is 24.3 Å². The number of hydrogen-bond donors (Lipinski definition) is 3. The van der Waals surface area contributed by atoms with Crippen molar-refractivity contribution in [3.8, 4) is 6.07 Å². The molecule has 8 nitrogen and oxygen atoms in total. The number of benzene rings is 2. The van der Waals surface area contributed by atoms with Crippen molar-refractivity contribution in [2.45, 2.75) is 0 Å². The zero-order chi connectivity index (χ0) is 21.6. The quantitative estimate of drug-likeness (QED) is 0.198. The van der Waals surface area contributed by atoms with Gasteiger partial charge in [-0.15, -0.1) is 0 Å². The molecule has 0 saturated heterocycles. The summed E-state index contributed by atoms with van der Waals surface area (Å²) in [7, 11) is 0. The average Bonchev–Trinajstić information content (AvgIpc) is 2.79. The maximum absolute atomic E-state index is 8.94. The average molecular weight is 411 g/mol. The number of nitrogens with one attached hydrogen (secondary N) is 1. The first-order valence-corrected chi connectivity index (χ1v) is 9.71. The maximum atomic E-state index is 8.94. The van der Waals surface area contributed by atoms with Crippen LogP contribution in [0.3, 0.4) is 0 Å². The van der Waals surface area contributed by atoms with Crippen LogP contribution in [0.1, 0.15) is 16.7 Å². The smallest absolute Gasteiger partial charge is 0.379 e. The van der Waals surface area contributed by atoms with Crippen molar-refractivity contribution in [3.05, 3.63) is 65.2 Å². The molecule has 3 N–H and O–H groups in total. The minimum atomic E-state index is -0.0150. The zero-order valence-electron chi connectivity index (χ0n) is 16.8. The largest absolute Gasteiger partial charge is 0.394 e. The monoisotopic (exact) mass is 411 g/mol. The number of hydrogen-bond acceptors (Lipinski definition) is 7. The fourth-order valence-electron chi connectivity index (χ4n) is 2.88. The van der Waals surface area contributed by atoms with E-state index in [1.54, 1.807) is 24.3 Å². The number of anilines is 1. The van der Waals surface area contributed by atoms with E-state index < -0.39 is 0 Å². The van der Waals surface area contributed by atoms with Gasteiger partial charge in [0.15, 0.2) is 0 Å². The Morgan fingerprint density at radius 1 is 0.867 bits per heavy atom. The SMILES string of the molecule is N#Cc1ccc(C(=[N+]=N)c2ccc(N(CCOCCO)CCOCCO)cc2)cc1. The van der Waals surface area contributed by atoms with Gasteiger partial charge in [-0.2, -0.15) is 5.26 Å². The Morgan fingerprint density at radius 2 is 1.37 bits per heavy atom. The van der Waals surface area contributed by atoms with Crippen LogP contribution in [0, 0.1) is 16.9 Å². The molecule has 0 aromatic heterocycles. The Bertz CT molecular complexity index is 844. The molecule has 0 aliphatic rings. The van der Waals surface area contributed by atoms with Gasteiger partial charge in [-0.1, -0.05) is 0 Å². The van der Waals surface area contributed by atoms with Crippen LogP contribution in [0.15, 0.2) is 48.5 Å². The molecular formula is C22H27N4O4+. The Kier molecular flexibility index (Phi) is 10.2. The third kappa shape index (κ3) is 7.08. The first kappa shape index (κ1) is 23.2. The fraction of sp³-hybridized carbons (Fsp3) is 0.364. The summed E-state index contributed by atoms with van der Waals surface area (Å²) in [6, 6.07) is 16.7. The Hall–Kier alpha value is -3.05. The second-order valence-corrected chi connectivity index (χ2v) is 6.36. The predicted octanol–water partition coefficient (Wildman–Crippen LogP) is 1.46. The van der Waals surface area contributed by atoms with Gasteiger partial charge in [0.1, 0.15) is 0 Å². The summed E-state index contributed by atoms with van der Waals surface area (Å²) in [6.07, 6.45) is 0. The highest BCUT2D eigenvalue weighted by atomic mass is 16.5. The van der Waals surface area contributed by atoms with Crippen LogP contribution >= 0.6 is 0 Å². The second-order valence-electron chi connectivity index (χ2n) is 6.36. The van der Waals surface area contributed by atoms with E-state index in [1.165, 1.54) is 0 Å². The number of aliphatic hydroxyl groups is 2. The molecular weight excluding hydrogens is 384 g/mol. The molecule has 30 heavy (non-hydrogen) atoms. The molecule has 8 heteroatoms. The summed E-state index contributed by atoms with van der Waals surface area (Å²) in [5.74, 6) is 0. The maximum Gasteiger partial charge on any atom is 0.379 e. The Balaban J connectivity index is 2.12. The molecule has 2 aromatic rings. The van der Waals surface area contributed by atoms with Crippen molar-refractivity contribution in [1.82, 2.24) is 0 Å². The number of rotatable bonds is 13. The van der Waals surface area contributed by atoms with Crippen molar-refractivity contribution in [2.75, 3.05) is 57.6 Å². The highest BCUT2D eigenvalue weighted by Crippen LogP contribution is 2.18. The molecule has 0 unspecified atom stereocenters. The molecule has 0 heterocycles. The zero-order valence-corrected chi connectivity index (χ0v) is 16.8. The van der Waals surface area contributed by atoms with Gasteiger partial charge in [-0.05, 0) is 48.5 Å². The number of ether oxygens (including phenoxy) is 2. The summed E-state index contributed by atoms with van der Waals surface area (Å²) >= 11 is 0. The minimum absolute atomic E-state index is 0.0150. The Morgan fingerprint density at radius 3 is 1.80 bits per heavy atom. The summed E-state index contributed by atoms with van der Waals surface area (Å²) in [4.78, 5) is 5.78. The van der Waals surface area contributed by atoms with Crippen molar-refractivity contribution < 1.29 is 24.5 Å². The lowest BCUT2D eigenvalue weighted by molar-refractivity contribution is -0.117. The topological polar surface area (TPSA) is 124 Å². The number of aliphatic hydroxyl groups excluding tert-OH is 2. The fourth-order valence-corrected chi connectivity index (χ4v) is 2.88. The van der Waals surface area contributed by atoms with Gasteiger partial charge in [0.2, 0.25) is 0 Å². The van der Waals surface area contributed by atoms with Crippen LogP contribution in [-0.4, -0.2) is 73.4 Å². The van der Waals surface area contributed by atoms with E-state index in [4.69, 9.17) is 30.5 Å². The van der Waals surface area contributed by atoms with E-state index in [9.17, 15) is 0 Å². The van der Waals surface area contributed by atoms with Gasteiger partial charge in [0.25, 0.3) is 0 Å². The molecule has 0 bridgehead atoms. The molecule has 0 radical (unpaired) electrons. The van der Waals surface area contributed by atoms with Crippen molar-refractivity contribution in [2.24, 2.45) is 0 Å². The highest BCUT2D eigenvalue weighted by Gasteiger charge is 2.18. The normalized spacial score (nSPS) is 10.3. The molecule has 0 saturated carbocycles. The van der Waals surface area contributed by atoms with Crippen LogP contribution < -0.4 is 4.90 Å². The van der Waals surface area contributed by atoms with Gasteiger partial charge in [0.05, 0.1) is 72.7 Å². The van der Waals surface area contributed by atoms with Crippen LogP contribution in [0.25, 0.3) is 0 Å². The van der Waals surface area contributed by atoms with Gasteiger partial charge in [-0.3, -0.25) is 0 Å². The molecule has 0 aliphatic carbocycles. The summed E-state index contributed by atoms with van der Waals surface area (Å²) in [6.45, 7) is 2.73. The summed E-state index contributed by atoms with van der Waals surface area (Å²) in [5.41, 5.74) is 11.2. The lowest BCUT2D eigenvalue weighted by atomic mass is 10.0. The molecule has 0 spiro atoms. The van der Waals surface area contributed by atoms with Gasteiger partial charge >= 0.3 is 5.71 Å². The van der Waals surface area contributed by atoms with Crippen molar-refractivity contribution >= 4 is 11.4 Å². The molecule has 2 rings (SSSR count). The van der Waals surface area contributed by atoms with Crippen molar-refractivity contribution in [1.29, 1.82) is 10.8 Å². The molecule has 0 atom stereocenters. The summed E-state index contributed by atoms with van der Waals surface area (Å²) < 4.78 is 10.8. The molecule has 2 aromatic carbocycles. The minimum Gasteiger partial charge on any atom is -0.394 e. The molecule has 0 fully saturated rings. The third-order valence-electron chi connectivity index (χ3n) is 4.39. The van der Waals surface area contributed by atoms with Crippen LogP contribution in [-0.2, 0) is 9.47 Å². The predicted molar refractivity (Wildman–Crippen MR) is 112 cm³/mol. The first-order valence-electron chi connectivity index (χ1n) is 9.71. The number of nitriles is 1. The number of nitrogens with zero attached hydrogens (tertiary/aromatic N) is 3. The van der Waals surface area contributed by atoms with E-state index in [0.29, 0.717) is 50.8 Å². The highest BCUT2D eigenvalue weighted by molar-refractivity contribution is 6.09. The molecule has 0 amide bonds. The van der Waals surface area contributed by atoms with E-state index in [0.717, 1.165) is 16.8 Å². The van der Waals surface area contributed by atoms with E-state index in [-0.39, 0.29) is 13.2 Å². The van der Waals surface area contributed by atoms with Crippen LogP contribution in [0.5, 0.6) is 0 Å². The standard InChI is InChI=1S/C22H27N4O4/c23-17-18-1-3-19(4-2-18)22(25-24)20-5-7-21(8-6-20)26(9-13-29-15-11-27)10-14-30-16-12-28/h1-8,24,27-28H,9-16H2/q+1.